The van der Waals surface area contributed by atoms with Crippen molar-refractivity contribution >= 4 is 11.9 Å². The number of nitriles is 1. The SMILES string of the molecule is CC(=O)c1ccc(/C=C/C#N)cc1. The third kappa shape index (κ3) is 2.57. The van der Waals surface area contributed by atoms with Crippen molar-refractivity contribution in [1.82, 2.24) is 0 Å². The molecule has 64 valence electrons. The molecular weight excluding hydrogens is 162 g/mol. The minimum Gasteiger partial charge on any atom is -0.295 e. The van der Waals surface area contributed by atoms with Gasteiger partial charge in [0.15, 0.2) is 5.78 Å². The summed E-state index contributed by atoms with van der Waals surface area (Å²) in [6.07, 6.45) is 3.10. The van der Waals surface area contributed by atoms with E-state index in [2.05, 4.69) is 0 Å². The molecule has 0 spiro atoms. The average Bonchev–Trinajstić information content (AvgIpc) is 2.15. The largest absolute Gasteiger partial charge is 0.295 e. The number of nitrogens with zero attached hydrogens (tertiary/aromatic N) is 1. The van der Waals surface area contributed by atoms with Gasteiger partial charge in [-0.15, -0.1) is 0 Å². The van der Waals surface area contributed by atoms with Crippen molar-refractivity contribution in [1.29, 1.82) is 5.26 Å². The first-order valence-corrected chi connectivity index (χ1v) is 3.91. The minimum atomic E-state index is 0.0517. The molecule has 0 atom stereocenters. The topological polar surface area (TPSA) is 40.9 Å². The summed E-state index contributed by atoms with van der Waals surface area (Å²) in [4.78, 5) is 10.9. The zero-order chi connectivity index (χ0) is 9.68. The summed E-state index contributed by atoms with van der Waals surface area (Å²) in [6, 6.07) is 9.03. The number of benzene rings is 1. The van der Waals surface area contributed by atoms with Gasteiger partial charge in [-0.1, -0.05) is 24.3 Å². The smallest absolute Gasteiger partial charge is 0.159 e. The lowest BCUT2D eigenvalue weighted by atomic mass is 10.1. The van der Waals surface area contributed by atoms with Gasteiger partial charge in [0.25, 0.3) is 0 Å². The van der Waals surface area contributed by atoms with Gasteiger partial charge in [0.2, 0.25) is 0 Å². The fraction of sp³-hybridized carbons (Fsp3) is 0.0909. The lowest BCUT2D eigenvalue weighted by Gasteiger charge is -1.95. The zero-order valence-electron chi connectivity index (χ0n) is 7.32. The normalized spacial score (nSPS) is 9.85. The van der Waals surface area contributed by atoms with Crippen LogP contribution in [-0.2, 0) is 0 Å². The van der Waals surface area contributed by atoms with E-state index in [1.807, 2.05) is 18.2 Å². The Morgan fingerprint density at radius 1 is 1.38 bits per heavy atom. The van der Waals surface area contributed by atoms with Gasteiger partial charge in [-0.3, -0.25) is 4.79 Å². The molecule has 0 aliphatic heterocycles. The van der Waals surface area contributed by atoms with Crippen LogP contribution in [-0.4, -0.2) is 5.78 Å². The number of hydrogen-bond acceptors (Lipinski definition) is 2. The van der Waals surface area contributed by atoms with Gasteiger partial charge < -0.3 is 0 Å². The maximum atomic E-state index is 10.9. The van der Waals surface area contributed by atoms with Crippen LogP contribution >= 0.6 is 0 Å². The number of Topliss-reactive ketones (excluding diaryl/α,β-unsaturated/α-hetero) is 1. The summed E-state index contributed by atoms with van der Waals surface area (Å²) in [5.74, 6) is 0.0517. The van der Waals surface area contributed by atoms with Crippen molar-refractivity contribution in [2.75, 3.05) is 0 Å². The maximum absolute atomic E-state index is 10.9. The van der Waals surface area contributed by atoms with Crippen LogP contribution in [0.2, 0.25) is 0 Å². The summed E-state index contributed by atoms with van der Waals surface area (Å²) in [6.45, 7) is 1.53. The van der Waals surface area contributed by atoms with Gasteiger partial charge in [-0.25, -0.2) is 0 Å². The Morgan fingerprint density at radius 3 is 2.46 bits per heavy atom. The molecule has 1 aromatic carbocycles. The fourth-order valence-corrected chi connectivity index (χ4v) is 0.962. The van der Waals surface area contributed by atoms with Crippen molar-refractivity contribution in [3.05, 3.63) is 41.5 Å². The van der Waals surface area contributed by atoms with Gasteiger partial charge in [-0.2, -0.15) is 5.26 Å². The predicted molar refractivity (Wildman–Crippen MR) is 51.1 cm³/mol. The molecule has 0 radical (unpaired) electrons. The Kier molecular flexibility index (Phi) is 2.99. The first kappa shape index (κ1) is 9.21. The summed E-state index contributed by atoms with van der Waals surface area (Å²) < 4.78 is 0. The third-order valence-corrected chi connectivity index (χ3v) is 1.67. The van der Waals surface area contributed by atoms with E-state index >= 15 is 0 Å². The van der Waals surface area contributed by atoms with E-state index in [0.29, 0.717) is 5.56 Å². The Bertz CT molecular complexity index is 368. The molecule has 2 heteroatoms. The molecule has 2 nitrogen and oxygen atoms in total. The first-order valence-electron chi connectivity index (χ1n) is 3.91. The van der Waals surface area contributed by atoms with Gasteiger partial charge in [0.05, 0.1) is 6.07 Å². The van der Waals surface area contributed by atoms with Crippen LogP contribution in [0.1, 0.15) is 22.8 Å². The molecule has 0 saturated carbocycles. The highest BCUT2D eigenvalue weighted by Crippen LogP contribution is 2.06. The Morgan fingerprint density at radius 2 is 2.00 bits per heavy atom. The summed E-state index contributed by atoms with van der Waals surface area (Å²) in [7, 11) is 0. The second-order valence-corrected chi connectivity index (χ2v) is 2.64. The number of hydrogen-bond donors (Lipinski definition) is 0. The van der Waals surface area contributed by atoms with Crippen molar-refractivity contribution in [2.24, 2.45) is 0 Å². The molecule has 0 aliphatic rings. The van der Waals surface area contributed by atoms with E-state index in [1.165, 1.54) is 13.0 Å². The van der Waals surface area contributed by atoms with Gasteiger partial charge in [-0.05, 0) is 18.6 Å². The lowest BCUT2D eigenvalue weighted by Crippen LogP contribution is -1.90. The summed E-state index contributed by atoms with van der Waals surface area (Å²) in [5.41, 5.74) is 1.61. The van der Waals surface area contributed by atoms with Crippen LogP contribution in [0, 0.1) is 11.3 Å². The van der Waals surface area contributed by atoms with Crippen molar-refractivity contribution in [2.45, 2.75) is 6.92 Å². The maximum Gasteiger partial charge on any atom is 0.159 e. The quantitative estimate of drug-likeness (QED) is 0.506. The molecule has 0 amide bonds. The number of carbonyl (C=O) groups is 1. The lowest BCUT2D eigenvalue weighted by molar-refractivity contribution is 0.101. The summed E-state index contributed by atoms with van der Waals surface area (Å²) in [5, 5.41) is 8.28. The number of carbonyl (C=O) groups excluding carboxylic acids is 1. The average molecular weight is 171 g/mol. The van der Waals surface area contributed by atoms with Crippen LogP contribution in [0.15, 0.2) is 30.3 Å². The molecule has 0 aromatic heterocycles. The summed E-state index contributed by atoms with van der Waals surface area (Å²) >= 11 is 0. The second-order valence-electron chi connectivity index (χ2n) is 2.64. The van der Waals surface area contributed by atoms with E-state index in [9.17, 15) is 4.79 Å². The van der Waals surface area contributed by atoms with Crippen LogP contribution in [0.3, 0.4) is 0 Å². The molecule has 0 N–H and O–H groups in total. The molecule has 0 heterocycles. The van der Waals surface area contributed by atoms with E-state index in [1.54, 1.807) is 18.2 Å². The molecule has 1 aromatic rings. The van der Waals surface area contributed by atoms with Crippen molar-refractivity contribution in [3.8, 4) is 6.07 Å². The Balaban J connectivity index is 2.89. The van der Waals surface area contributed by atoms with Crippen LogP contribution in [0.4, 0.5) is 0 Å². The molecule has 13 heavy (non-hydrogen) atoms. The highest BCUT2D eigenvalue weighted by atomic mass is 16.1. The molecular formula is C11H9NO. The van der Waals surface area contributed by atoms with Crippen LogP contribution < -0.4 is 0 Å². The monoisotopic (exact) mass is 171 g/mol. The zero-order valence-corrected chi connectivity index (χ0v) is 7.32. The Labute approximate surface area is 77.1 Å². The predicted octanol–water partition coefficient (Wildman–Crippen LogP) is 2.43. The highest BCUT2D eigenvalue weighted by Gasteiger charge is 1.96. The van der Waals surface area contributed by atoms with Gasteiger partial charge in [0, 0.05) is 11.6 Å². The van der Waals surface area contributed by atoms with Crippen molar-refractivity contribution < 1.29 is 4.79 Å². The molecule has 1 rings (SSSR count). The minimum absolute atomic E-state index is 0.0517. The van der Waals surface area contributed by atoms with E-state index in [0.717, 1.165) is 5.56 Å². The van der Waals surface area contributed by atoms with Crippen LogP contribution in [0.5, 0.6) is 0 Å². The van der Waals surface area contributed by atoms with Gasteiger partial charge >= 0.3 is 0 Å². The Hall–Kier alpha value is -1.88. The third-order valence-electron chi connectivity index (χ3n) is 1.67. The number of rotatable bonds is 2. The van der Waals surface area contributed by atoms with E-state index in [4.69, 9.17) is 5.26 Å². The fourth-order valence-electron chi connectivity index (χ4n) is 0.962. The molecule has 0 unspecified atom stereocenters. The molecule has 0 fully saturated rings. The van der Waals surface area contributed by atoms with Crippen LogP contribution in [0.25, 0.3) is 6.08 Å². The van der Waals surface area contributed by atoms with E-state index < -0.39 is 0 Å². The molecule has 0 saturated heterocycles. The van der Waals surface area contributed by atoms with Gasteiger partial charge in [0.1, 0.15) is 0 Å². The highest BCUT2D eigenvalue weighted by molar-refractivity contribution is 5.94. The molecule has 0 aliphatic carbocycles. The van der Waals surface area contributed by atoms with E-state index in [-0.39, 0.29) is 5.78 Å². The molecule has 0 bridgehead atoms. The van der Waals surface area contributed by atoms with Crippen molar-refractivity contribution in [3.63, 3.8) is 0 Å². The standard InChI is InChI=1S/C11H9NO/c1-9(13)11-6-4-10(5-7-11)3-2-8-12/h2-7H,1H3/b3-2+. The second kappa shape index (κ2) is 4.22. The number of ketones is 1. The first-order chi connectivity index (χ1) is 6.24. The number of allylic oxidation sites excluding steroid dienone is 1.